The van der Waals surface area contributed by atoms with Crippen molar-refractivity contribution in [3.05, 3.63) is 34.9 Å². The van der Waals surface area contributed by atoms with Crippen LogP contribution in [0, 0.1) is 0 Å². The average molecular weight is 362 g/mol. The summed E-state index contributed by atoms with van der Waals surface area (Å²) in [5.74, 6) is 0.0608. The number of carbonyl (C=O) groups is 1. The minimum Gasteiger partial charge on any atom is -0.382 e. The molecule has 0 radical (unpaired) electrons. The lowest BCUT2D eigenvalue weighted by Crippen LogP contribution is -2.48. The van der Waals surface area contributed by atoms with Crippen LogP contribution in [0.2, 0.25) is 5.02 Å². The number of hydrogen-bond donors (Lipinski definition) is 0. The number of piperidine rings is 1. The topological polar surface area (TPSA) is 45.1 Å². The third kappa shape index (κ3) is 3.53. The predicted octanol–water partition coefficient (Wildman–Crippen LogP) is 2.92. The van der Waals surface area contributed by atoms with Crippen LogP contribution in [0.1, 0.15) is 37.7 Å². The van der Waals surface area contributed by atoms with Gasteiger partial charge >= 0.3 is 0 Å². The van der Waals surface area contributed by atoms with Gasteiger partial charge in [-0.15, -0.1) is 0 Å². The van der Waals surface area contributed by atoms with Crippen molar-refractivity contribution in [1.29, 1.82) is 0 Å². The maximum atomic E-state index is 12.8. The fourth-order valence-corrected chi connectivity index (χ4v) is 4.37. The summed E-state index contributed by atoms with van der Waals surface area (Å²) in [7, 11) is 0. The van der Waals surface area contributed by atoms with E-state index in [0.29, 0.717) is 17.5 Å². The Balaban J connectivity index is 1.32. The zero-order valence-corrected chi connectivity index (χ0v) is 15.1. The number of carbonyl (C=O) groups excluding carboxylic acids is 1. The van der Waals surface area contributed by atoms with E-state index in [9.17, 15) is 4.79 Å². The van der Waals surface area contributed by atoms with Crippen LogP contribution in [-0.4, -0.2) is 59.7 Å². The molecule has 2 fully saturated rings. The number of rotatable bonds is 3. The van der Waals surface area contributed by atoms with E-state index in [4.69, 9.17) is 16.4 Å². The molecule has 1 atom stereocenters. The van der Waals surface area contributed by atoms with Gasteiger partial charge in [-0.25, -0.2) is 0 Å². The van der Waals surface area contributed by atoms with E-state index < -0.39 is 6.10 Å². The Morgan fingerprint density at radius 2 is 1.84 bits per heavy atom. The van der Waals surface area contributed by atoms with Gasteiger partial charge in [-0.3, -0.25) is 4.79 Å². The van der Waals surface area contributed by atoms with Gasteiger partial charge in [-0.1, -0.05) is 35.0 Å². The summed E-state index contributed by atoms with van der Waals surface area (Å²) >= 11 is 6.22. The number of oxime groups is 1. The summed E-state index contributed by atoms with van der Waals surface area (Å²) in [5.41, 5.74) is 1.61. The number of likely N-dealkylation sites (tertiary alicyclic amines) is 2. The van der Waals surface area contributed by atoms with Crippen molar-refractivity contribution in [1.82, 2.24) is 9.80 Å². The average Bonchev–Trinajstić information content (AvgIpc) is 3.34. The Hall–Kier alpha value is -1.59. The van der Waals surface area contributed by atoms with Crippen molar-refractivity contribution in [2.45, 2.75) is 44.2 Å². The number of nitrogens with zero attached hydrogens (tertiary/aromatic N) is 3. The minimum absolute atomic E-state index is 0.0608. The highest BCUT2D eigenvalue weighted by Crippen LogP contribution is 2.26. The lowest BCUT2D eigenvalue weighted by Gasteiger charge is -2.37. The number of hydrogen-bond acceptors (Lipinski definition) is 4. The molecule has 4 rings (SSSR count). The molecule has 1 aromatic carbocycles. The van der Waals surface area contributed by atoms with E-state index in [1.54, 1.807) is 0 Å². The Kier molecular flexibility index (Phi) is 4.95. The number of benzene rings is 1. The van der Waals surface area contributed by atoms with Gasteiger partial charge in [0.25, 0.3) is 5.91 Å². The summed E-state index contributed by atoms with van der Waals surface area (Å²) in [5, 5.41) is 4.76. The molecular formula is C19H24ClN3O2. The molecule has 0 spiro atoms. The summed E-state index contributed by atoms with van der Waals surface area (Å²) in [6, 6.07) is 8.19. The molecule has 3 aliphatic rings. The zero-order chi connectivity index (χ0) is 17.2. The first kappa shape index (κ1) is 16.9. The third-order valence-corrected chi connectivity index (χ3v) is 5.89. The quantitative estimate of drug-likeness (QED) is 0.831. The molecule has 1 amide bonds. The number of amides is 1. The van der Waals surface area contributed by atoms with Crippen LogP contribution >= 0.6 is 11.6 Å². The molecule has 2 saturated heterocycles. The Morgan fingerprint density at radius 3 is 2.56 bits per heavy atom. The minimum atomic E-state index is -0.505. The van der Waals surface area contributed by atoms with Gasteiger partial charge in [0, 0.05) is 36.1 Å². The standard InChI is InChI=1S/C19H24ClN3O2/c20-16-6-2-1-5-15(16)17-13-18(25-21-17)19(24)23-11-7-14(8-12-23)22-9-3-4-10-22/h1-2,5-6,14,18H,3-4,7-13H2. The van der Waals surface area contributed by atoms with Gasteiger partial charge in [0.05, 0.1) is 5.71 Å². The first-order chi connectivity index (χ1) is 12.2. The molecule has 3 heterocycles. The SMILES string of the molecule is O=C(C1CC(c2ccccc2Cl)=NO1)N1CCC(N2CCCC2)CC1. The lowest BCUT2D eigenvalue weighted by atomic mass is 10.0. The molecule has 25 heavy (non-hydrogen) atoms. The summed E-state index contributed by atoms with van der Waals surface area (Å²) in [6.07, 6.45) is 4.76. The van der Waals surface area contributed by atoms with Gasteiger partial charge in [-0.2, -0.15) is 0 Å². The molecular weight excluding hydrogens is 338 g/mol. The molecule has 3 aliphatic heterocycles. The zero-order valence-electron chi connectivity index (χ0n) is 14.4. The smallest absolute Gasteiger partial charge is 0.266 e. The lowest BCUT2D eigenvalue weighted by molar-refractivity contribution is -0.143. The molecule has 0 N–H and O–H groups in total. The van der Waals surface area contributed by atoms with E-state index in [-0.39, 0.29) is 5.91 Å². The highest BCUT2D eigenvalue weighted by molar-refractivity contribution is 6.34. The van der Waals surface area contributed by atoms with Crippen LogP contribution in [0.15, 0.2) is 29.4 Å². The van der Waals surface area contributed by atoms with Crippen LogP contribution in [-0.2, 0) is 9.63 Å². The summed E-state index contributed by atoms with van der Waals surface area (Å²) < 4.78 is 0. The maximum absolute atomic E-state index is 12.8. The van der Waals surface area contributed by atoms with Gasteiger partial charge in [0.2, 0.25) is 6.10 Å². The number of halogens is 1. The van der Waals surface area contributed by atoms with Crippen molar-refractivity contribution < 1.29 is 9.63 Å². The summed E-state index contributed by atoms with van der Waals surface area (Å²) in [6.45, 7) is 4.08. The monoisotopic (exact) mass is 361 g/mol. The Labute approximate surface area is 153 Å². The molecule has 5 nitrogen and oxygen atoms in total. The fraction of sp³-hybridized carbons (Fsp3) is 0.579. The largest absolute Gasteiger partial charge is 0.382 e. The molecule has 134 valence electrons. The summed E-state index contributed by atoms with van der Waals surface area (Å²) in [4.78, 5) is 22.8. The van der Waals surface area contributed by atoms with Crippen molar-refractivity contribution in [2.75, 3.05) is 26.2 Å². The van der Waals surface area contributed by atoms with E-state index in [1.807, 2.05) is 29.2 Å². The highest BCUT2D eigenvalue weighted by Gasteiger charge is 2.35. The van der Waals surface area contributed by atoms with E-state index in [0.717, 1.165) is 37.2 Å². The first-order valence-corrected chi connectivity index (χ1v) is 9.60. The van der Waals surface area contributed by atoms with Crippen molar-refractivity contribution in [3.63, 3.8) is 0 Å². The fourth-order valence-electron chi connectivity index (χ4n) is 4.13. The molecule has 0 saturated carbocycles. The third-order valence-electron chi connectivity index (χ3n) is 5.56. The van der Waals surface area contributed by atoms with Crippen molar-refractivity contribution >= 4 is 23.2 Å². The normalized spacial score (nSPS) is 25.1. The van der Waals surface area contributed by atoms with Crippen LogP contribution in [0.4, 0.5) is 0 Å². The van der Waals surface area contributed by atoms with Crippen LogP contribution in [0.5, 0.6) is 0 Å². The first-order valence-electron chi connectivity index (χ1n) is 9.23. The Morgan fingerprint density at radius 1 is 1.12 bits per heavy atom. The van der Waals surface area contributed by atoms with E-state index in [1.165, 1.54) is 25.9 Å². The van der Waals surface area contributed by atoms with Gasteiger partial charge in [0.1, 0.15) is 0 Å². The van der Waals surface area contributed by atoms with Gasteiger partial charge in [-0.05, 0) is 44.8 Å². The highest BCUT2D eigenvalue weighted by atomic mass is 35.5. The maximum Gasteiger partial charge on any atom is 0.266 e. The van der Waals surface area contributed by atoms with Crippen LogP contribution in [0.3, 0.4) is 0 Å². The molecule has 1 unspecified atom stereocenters. The second kappa shape index (κ2) is 7.34. The predicted molar refractivity (Wildman–Crippen MR) is 97.9 cm³/mol. The van der Waals surface area contributed by atoms with E-state index in [2.05, 4.69) is 10.1 Å². The Bertz CT molecular complexity index is 664. The molecule has 0 aromatic heterocycles. The van der Waals surface area contributed by atoms with Crippen LogP contribution < -0.4 is 0 Å². The van der Waals surface area contributed by atoms with Crippen molar-refractivity contribution in [2.24, 2.45) is 5.16 Å². The second-order valence-electron chi connectivity index (χ2n) is 7.12. The molecule has 6 heteroatoms. The molecule has 0 aliphatic carbocycles. The van der Waals surface area contributed by atoms with Crippen LogP contribution in [0.25, 0.3) is 0 Å². The molecule has 1 aromatic rings. The van der Waals surface area contributed by atoms with E-state index >= 15 is 0 Å². The second-order valence-corrected chi connectivity index (χ2v) is 7.52. The van der Waals surface area contributed by atoms with Gasteiger partial charge in [0.15, 0.2) is 0 Å². The van der Waals surface area contributed by atoms with Gasteiger partial charge < -0.3 is 14.6 Å². The van der Waals surface area contributed by atoms with Crippen molar-refractivity contribution in [3.8, 4) is 0 Å². The molecule has 0 bridgehead atoms.